The third-order valence-electron chi connectivity index (χ3n) is 1.01. The van der Waals surface area contributed by atoms with Crippen LogP contribution in [0.1, 0.15) is 6.42 Å². The molecule has 0 spiro atoms. The van der Waals surface area contributed by atoms with Crippen LogP contribution < -0.4 is 0 Å². The van der Waals surface area contributed by atoms with Gasteiger partial charge in [-0.2, -0.15) is 0 Å². The highest BCUT2D eigenvalue weighted by molar-refractivity contribution is 9.09. The summed E-state index contributed by atoms with van der Waals surface area (Å²) in [5, 5.41) is -1.59. The van der Waals surface area contributed by atoms with Gasteiger partial charge in [-0.1, -0.05) is 15.9 Å². The Bertz CT molecular complexity index is 126. The molecule has 0 N–H and O–H groups in total. The highest BCUT2D eigenvalue weighted by atomic mass is 79.9. The molecule has 0 radical (unpaired) electrons. The maximum atomic E-state index is 12.4. The highest BCUT2D eigenvalue weighted by Gasteiger charge is 2.20. The van der Waals surface area contributed by atoms with Crippen molar-refractivity contribution in [1.29, 1.82) is 0 Å². The summed E-state index contributed by atoms with van der Waals surface area (Å²) >= 11 is 2.40. The summed E-state index contributed by atoms with van der Waals surface area (Å²) in [6.07, 6.45) is -4.39. The molecule has 3 atom stereocenters. The number of alkyl halides is 4. The van der Waals surface area contributed by atoms with Crippen LogP contribution in [0, 0.1) is 0 Å². The highest BCUT2D eigenvalue weighted by Crippen LogP contribution is 2.17. The fraction of sp³-hybridized carbons (Fsp3) is 0.667. The fourth-order valence-corrected chi connectivity index (χ4v) is 0.847. The second-order valence-electron chi connectivity index (χ2n) is 1.91. The van der Waals surface area contributed by atoms with Crippen molar-refractivity contribution in [2.24, 2.45) is 0 Å². The molecule has 0 aliphatic heterocycles. The second-order valence-corrected chi connectivity index (χ2v) is 2.90. The smallest absolute Gasteiger partial charge is 0.157 e. The molecular formula is C6H7BrF4. The summed E-state index contributed by atoms with van der Waals surface area (Å²) in [6, 6.07) is 0. The Kier molecular flexibility index (Phi) is 5.54. The van der Waals surface area contributed by atoms with Gasteiger partial charge >= 0.3 is 0 Å². The monoisotopic (exact) mass is 234 g/mol. The molecule has 0 saturated carbocycles. The lowest BCUT2D eigenvalue weighted by atomic mass is 10.2. The number of hydrogen-bond acceptors (Lipinski definition) is 0. The third-order valence-corrected chi connectivity index (χ3v) is 1.38. The summed E-state index contributed by atoms with van der Waals surface area (Å²) < 4.78 is 47.8. The zero-order valence-corrected chi connectivity index (χ0v) is 7.07. The Labute approximate surface area is 70.4 Å². The minimum absolute atomic E-state index is 0.0985. The van der Waals surface area contributed by atoms with Crippen molar-refractivity contribution in [3.8, 4) is 0 Å². The van der Waals surface area contributed by atoms with Crippen LogP contribution in [-0.2, 0) is 0 Å². The van der Waals surface area contributed by atoms with Crippen LogP contribution in [0.15, 0.2) is 12.4 Å². The minimum Gasteiger partial charge on any atom is -0.244 e. The zero-order valence-electron chi connectivity index (χ0n) is 5.48. The van der Waals surface area contributed by atoms with Crippen LogP contribution in [0.4, 0.5) is 17.6 Å². The molecule has 0 rings (SSSR count). The van der Waals surface area contributed by atoms with Crippen molar-refractivity contribution < 1.29 is 17.6 Å². The molecule has 11 heavy (non-hydrogen) atoms. The van der Waals surface area contributed by atoms with Gasteiger partial charge in [-0.05, 0) is 6.08 Å². The Morgan fingerprint density at radius 1 is 1.27 bits per heavy atom. The van der Waals surface area contributed by atoms with Crippen molar-refractivity contribution in [3.63, 3.8) is 0 Å². The van der Waals surface area contributed by atoms with Crippen molar-refractivity contribution in [1.82, 2.24) is 0 Å². The van der Waals surface area contributed by atoms with E-state index in [0.717, 1.165) is 0 Å². The lowest BCUT2D eigenvalue weighted by Gasteiger charge is -2.08. The van der Waals surface area contributed by atoms with Gasteiger partial charge in [0, 0.05) is 6.42 Å². The van der Waals surface area contributed by atoms with E-state index in [4.69, 9.17) is 0 Å². The lowest BCUT2D eigenvalue weighted by Crippen LogP contribution is -2.17. The molecule has 0 nitrogen and oxygen atoms in total. The Morgan fingerprint density at radius 2 is 1.82 bits per heavy atom. The van der Waals surface area contributed by atoms with Gasteiger partial charge in [0.15, 0.2) is 11.3 Å². The molecule has 66 valence electrons. The first kappa shape index (κ1) is 10.9. The summed E-state index contributed by atoms with van der Waals surface area (Å²) in [4.78, 5) is 0. The largest absolute Gasteiger partial charge is 0.244 e. The van der Waals surface area contributed by atoms with Gasteiger partial charge in [-0.25, -0.2) is 17.6 Å². The first-order valence-electron chi connectivity index (χ1n) is 2.91. The van der Waals surface area contributed by atoms with E-state index >= 15 is 0 Å². The average Bonchev–Trinajstić information content (AvgIpc) is 1.86. The minimum atomic E-state index is -2.07. The SMILES string of the molecule is FC=CC(F)C(F)CC(F)Br. The number of hydrogen-bond donors (Lipinski definition) is 0. The first-order valence-corrected chi connectivity index (χ1v) is 3.82. The Balaban J connectivity index is 3.72. The van der Waals surface area contributed by atoms with Crippen molar-refractivity contribution >= 4 is 15.9 Å². The average molecular weight is 235 g/mol. The van der Waals surface area contributed by atoms with E-state index in [0.29, 0.717) is 6.08 Å². The van der Waals surface area contributed by atoms with Crippen LogP contribution in [-0.4, -0.2) is 17.4 Å². The maximum absolute atomic E-state index is 12.4. The maximum Gasteiger partial charge on any atom is 0.157 e. The van der Waals surface area contributed by atoms with E-state index in [1.165, 1.54) is 0 Å². The van der Waals surface area contributed by atoms with Gasteiger partial charge in [-0.3, -0.25) is 0 Å². The van der Waals surface area contributed by atoms with Crippen LogP contribution in [0.5, 0.6) is 0 Å². The van der Waals surface area contributed by atoms with Crippen molar-refractivity contribution in [2.75, 3.05) is 0 Å². The molecule has 0 amide bonds. The van der Waals surface area contributed by atoms with E-state index in [-0.39, 0.29) is 6.33 Å². The molecule has 0 bridgehead atoms. The van der Waals surface area contributed by atoms with Crippen LogP contribution >= 0.6 is 15.9 Å². The molecule has 0 aromatic rings. The molecule has 0 aliphatic rings. The van der Waals surface area contributed by atoms with Crippen molar-refractivity contribution in [2.45, 2.75) is 23.8 Å². The lowest BCUT2D eigenvalue weighted by molar-refractivity contribution is 0.176. The van der Waals surface area contributed by atoms with Gasteiger partial charge in [0.25, 0.3) is 0 Å². The number of halogens is 5. The van der Waals surface area contributed by atoms with Gasteiger partial charge in [0.1, 0.15) is 6.17 Å². The molecule has 0 fully saturated rings. The van der Waals surface area contributed by atoms with Gasteiger partial charge in [-0.15, -0.1) is 0 Å². The van der Waals surface area contributed by atoms with E-state index in [9.17, 15) is 17.6 Å². The van der Waals surface area contributed by atoms with E-state index in [2.05, 4.69) is 15.9 Å². The van der Waals surface area contributed by atoms with E-state index in [1.807, 2.05) is 0 Å². The molecule has 0 aliphatic carbocycles. The summed E-state index contributed by atoms with van der Waals surface area (Å²) in [5.41, 5.74) is 0. The van der Waals surface area contributed by atoms with Crippen LogP contribution in [0.25, 0.3) is 0 Å². The molecule has 0 saturated heterocycles. The van der Waals surface area contributed by atoms with Gasteiger partial charge < -0.3 is 0 Å². The quantitative estimate of drug-likeness (QED) is 0.518. The summed E-state index contributed by atoms with van der Waals surface area (Å²) in [6.45, 7) is 0. The predicted octanol–water partition coefficient (Wildman–Crippen LogP) is 3.23. The topological polar surface area (TPSA) is 0 Å². The summed E-state index contributed by atoms with van der Waals surface area (Å²) in [7, 11) is 0. The molecule has 3 unspecified atom stereocenters. The number of rotatable bonds is 4. The van der Waals surface area contributed by atoms with Crippen molar-refractivity contribution in [3.05, 3.63) is 12.4 Å². The molecule has 0 aromatic carbocycles. The molecular weight excluding hydrogens is 228 g/mol. The fourth-order valence-electron chi connectivity index (χ4n) is 0.490. The second kappa shape index (κ2) is 5.57. The zero-order chi connectivity index (χ0) is 8.85. The normalized spacial score (nSPS) is 20.1. The van der Waals surface area contributed by atoms with E-state index < -0.39 is 23.8 Å². The van der Waals surface area contributed by atoms with Gasteiger partial charge in [0.2, 0.25) is 0 Å². The molecule has 0 heterocycles. The first-order chi connectivity index (χ1) is 5.07. The third kappa shape index (κ3) is 5.24. The molecule has 5 heteroatoms. The van der Waals surface area contributed by atoms with Crippen LogP contribution in [0.3, 0.4) is 0 Å². The van der Waals surface area contributed by atoms with Crippen LogP contribution in [0.2, 0.25) is 0 Å². The Morgan fingerprint density at radius 3 is 2.18 bits per heavy atom. The standard InChI is InChI=1S/C6H7BrF4/c7-6(11)3-5(10)4(9)1-2-8/h1-2,4-6H,3H2. The van der Waals surface area contributed by atoms with Gasteiger partial charge in [0.05, 0.1) is 6.33 Å². The summed E-state index contributed by atoms with van der Waals surface area (Å²) in [5.74, 6) is 0. The Hall–Kier alpha value is -0.0600. The molecule has 0 aromatic heterocycles. The van der Waals surface area contributed by atoms with E-state index in [1.54, 1.807) is 0 Å². The number of allylic oxidation sites excluding steroid dienone is 1. The predicted molar refractivity (Wildman–Crippen MR) is 38.5 cm³/mol.